The fourth-order valence-corrected chi connectivity index (χ4v) is 2.43. The molecule has 0 amide bonds. The van der Waals surface area contributed by atoms with Crippen LogP contribution in [-0.4, -0.2) is 62.2 Å². The van der Waals surface area contributed by atoms with Crippen molar-refractivity contribution in [3.05, 3.63) is 0 Å². The van der Waals surface area contributed by atoms with Crippen molar-refractivity contribution >= 4 is 0 Å². The summed E-state index contributed by atoms with van der Waals surface area (Å²) >= 11 is 0. The molecule has 1 heterocycles. The Labute approximate surface area is 101 Å². The molecule has 0 radical (unpaired) electrons. The lowest BCUT2D eigenvalue weighted by Gasteiger charge is -2.33. The minimum absolute atomic E-state index is 0.733. The van der Waals surface area contributed by atoms with E-state index in [1.165, 1.54) is 32.6 Å². The van der Waals surface area contributed by atoms with Gasteiger partial charge in [0.15, 0.2) is 0 Å². The Kier molecular flexibility index (Phi) is 6.32. The minimum atomic E-state index is 0.733. The SMILES string of the molecule is CC(C)CN(C)CCC(C)N1CCNCC1. The summed E-state index contributed by atoms with van der Waals surface area (Å²) in [7, 11) is 2.24. The van der Waals surface area contributed by atoms with Crippen LogP contribution in [0.1, 0.15) is 27.2 Å². The fourth-order valence-electron chi connectivity index (χ4n) is 2.43. The van der Waals surface area contributed by atoms with Crippen LogP contribution in [0.3, 0.4) is 0 Å². The molecular weight excluding hydrogens is 198 g/mol. The molecule has 16 heavy (non-hydrogen) atoms. The van der Waals surface area contributed by atoms with Gasteiger partial charge < -0.3 is 10.2 Å². The second kappa shape index (κ2) is 7.25. The van der Waals surface area contributed by atoms with E-state index in [1.54, 1.807) is 0 Å². The van der Waals surface area contributed by atoms with Crippen LogP contribution in [0.4, 0.5) is 0 Å². The van der Waals surface area contributed by atoms with Gasteiger partial charge in [0.05, 0.1) is 0 Å². The van der Waals surface area contributed by atoms with Crippen LogP contribution in [0.2, 0.25) is 0 Å². The van der Waals surface area contributed by atoms with Gasteiger partial charge in [0, 0.05) is 38.8 Å². The van der Waals surface area contributed by atoms with Gasteiger partial charge in [-0.05, 0) is 32.9 Å². The van der Waals surface area contributed by atoms with E-state index in [0.717, 1.165) is 25.0 Å². The summed E-state index contributed by atoms with van der Waals surface area (Å²) in [5, 5.41) is 3.41. The molecule has 1 atom stereocenters. The Morgan fingerprint density at radius 1 is 1.19 bits per heavy atom. The van der Waals surface area contributed by atoms with Crippen molar-refractivity contribution in [2.75, 3.05) is 46.3 Å². The van der Waals surface area contributed by atoms with E-state index < -0.39 is 0 Å². The van der Waals surface area contributed by atoms with Crippen molar-refractivity contribution in [2.24, 2.45) is 5.92 Å². The molecule has 1 saturated heterocycles. The van der Waals surface area contributed by atoms with Crippen LogP contribution < -0.4 is 5.32 Å². The number of hydrogen-bond donors (Lipinski definition) is 1. The second-order valence-corrected chi connectivity index (χ2v) is 5.58. The average molecular weight is 227 g/mol. The maximum atomic E-state index is 3.41. The molecule has 1 aliphatic rings. The van der Waals surface area contributed by atoms with Crippen molar-refractivity contribution < 1.29 is 0 Å². The highest BCUT2D eigenvalue weighted by molar-refractivity contribution is 4.74. The summed E-state index contributed by atoms with van der Waals surface area (Å²) in [6.45, 7) is 14.1. The molecule has 0 aliphatic carbocycles. The summed E-state index contributed by atoms with van der Waals surface area (Å²) < 4.78 is 0. The lowest BCUT2D eigenvalue weighted by atomic mass is 10.1. The van der Waals surface area contributed by atoms with Crippen LogP contribution in [0.25, 0.3) is 0 Å². The first kappa shape index (κ1) is 13.9. The summed E-state index contributed by atoms with van der Waals surface area (Å²) in [4.78, 5) is 5.07. The van der Waals surface area contributed by atoms with Gasteiger partial charge in [-0.3, -0.25) is 4.90 Å². The van der Waals surface area contributed by atoms with Crippen molar-refractivity contribution in [3.63, 3.8) is 0 Å². The monoisotopic (exact) mass is 227 g/mol. The van der Waals surface area contributed by atoms with Gasteiger partial charge in [0.25, 0.3) is 0 Å². The topological polar surface area (TPSA) is 18.5 Å². The van der Waals surface area contributed by atoms with E-state index in [9.17, 15) is 0 Å². The maximum Gasteiger partial charge on any atom is 0.0110 e. The summed E-state index contributed by atoms with van der Waals surface area (Å²) in [6, 6.07) is 0.733. The predicted octanol–water partition coefficient (Wildman–Crippen LogP) is 1.26. The van der Waals surface area contributed by atoms with Gasteiger partial charge in [-0.1, -0.05) is 13.8 Å². The molecular formula is C13H29N3. The Morgan fingerprint density at radius 2 is 1.81 bits per heavy atom. The van der Waals surface area contributed by atoms with Crippen LogP contribution in [0, 0.1) is 5.92 Å². The van der Waals surface area contributed by atoms with Crippen molar-refractivity contribution in [1.82, 2.24) is 15.1 Å². The van der Waals surface area contributed by atoms with E-state index >= 15 is 0 Å². The highest BCUT2D eigenvalue weighted by Crippen LogP contribution is 2.06. The molecule has 0 aromatic rings. The first-order valence-corrected chi connectivity index (χ1v) is 6.73. The first-order chi connectivity index (χ1) is 7.59. The standard InChI is InChI=1S/C13H29N3/c1-12(2)11-15(4)8-5-13(3)16-9-6-14-7-10-16/h12-14H,5-11H2,1-4H3. The number of piperazine rings is 1. The molecule has 0 aromatic heterocycles. The fraction of sp³-hybridized carbons (Fsp3) is 1.00. The molecule has 96 valence electrons. The summed E-state index contributed by atoms with van der Waals surface area (Å²) in [6.07, 6.45) is 1.29. The van der Waals surface area contributed by atoms with E-state index in [2.05, 4.69) is 42.9 Å². The molecule has 1 unspecified atom stereocenters. The molecule has 1 fully saturated rings. The van der Waals surface area contributed by atoms with E-state index in [0.29, 0.717) is 0 Å². The van der Waals surface area contributed by atoms with Gasteiger partial charge in [0.2, 0.25) is 0 Å². The predicted molar refractivity (Wildman–Crippen MR) is 70.9 cm³/mol. The number of rotatable bonds is 6. The van der Waals surface area contributed by atoms with E-state index in [1.807, 2.05) is 0 Å². The van der Waals surface area contributed by atoms with E-state index in [-0.39, 0.29) is 0 Å². The zero-order valence-corrected chi connectivity index (χ0v) is 11.5. The van der Waals surface area contributed by atoms with Crippen LogP contribution in [-0.2, 0) is 0 Å². The second-order valence-electron chi connectivity index (χ2n) is 5.58. The smallest absolute Gasteiger partial charge is 0.0110 e. The van der Waals surface area contributed by atoms with Gasteiger partial charge in [-0.2, -0.15) is 0 Å². The van der Waals surface area contributed by atoms with Gasteiger partial charge in [-0.25, -0.2) is 0 Å². The lowest BCUT2D eigenvalue weighted by Crippen LogP contribution is -2.48. The normalized spacial score (nSPS) is 20.6. The molecule has 0 aromatic carbocycles. The van der Waals surface area contributed by atoms with Crippen molar-refractivity contribution in [2.45, 2.75) is 33.2 Å². The van der Waals surface area contributed by atoms with Gasteiger partial charge >= 0.3 is 0 Å². The molecule has 1 aliphatic heterocycles. The van der Waals surface area contributed by atoms with E-state index in [4.69, 9.17) is 0 Å². The molecule has 1 N–H and O–H groups in total. The Morgan fingerprint density at radius 3 is 2.38 bits per heavy atom. The molecule has 0 saturated carbocycles. The number of nitrogens with zero attached hydrogens (tertiary/aromatic N) is 2. The van der Waals surface area contributed by atoms with Gasteiger partial charge in [-0.15, -0.1) is 0 Å². The highest BCUT2D eigenvalue weighted by atomic mass is 15.2. The third kappa shape index (κ3) is 5.28. The molecule has 0 spiro atoms. The summed E-state index contributed by atoms with van der Waals surface area (Å²) in [5.41, 5.74) is 0. The lowest BCUT2D eigenvalue weighted by molar-refractivity contribution is 0.161. The quantitative estimate of drug-likeness (QED) is 0.737. The Hall–Kier alpha value is -0.120. The Bertz CT molecular complexity index is 176. The molecule has 3 heteroatoms. The van der Waals surface area contributed by atoms with Crippen LogP contribution in [0.15, 0.2) is 0 Å². The van der Waals surface area contributed by atoms with Crippen molar-refractivity contribution in [1.29, 1.82) is 0 Å². The van der Waals surface area contributed by atoms with Crippen molar-refractivity contribution in [3.8, 4) is 0 Å². The van der Waals surface area contributed by atoms with Gasteiger partial charge in [0.1, 0.15) is 0 Å². The molecule has 0 bridgehead atoms. The third-order valence-corrected chi connectivity index (χ3v) is 3.38. The number of nitrogens with one attached hydrogen (secondary N) is 1. The molecule has 3 nitrogen and oxygen atoms in total. The Balaban J connectivity index is 2.15. The first-order valence-electron chi connectivity index (χ1n) is 6.73. The third-order valence-electron chi connectivity index (χ3n) is 3.38. The maximum absolute atomic E-state index is 3.41. The minimum Gasteiger partial charge on any atom is -0.314 e. The molecule has 1 rings (SSSR count). The largest absolute Gasteiger partial charge is 0.314 e. The number of hydrogen-bond acceptors (Lipinski definition) is 3. The van der Waals surface area contributed by atoms with Crippen LogP contribution >= 0.6 is 0 Å². The highest BCUT2D eigenvalue weighted by Gasteiger charge is 2.16. The summed E-state index contributed by atoms with van der Waals surface area (Å²) in [5.74, 6) is 0.777. The zero-order valence-electron chi connectivity index (χ0n) is 11.5. The van der Waals surface area contributed by atoms with Crippen LogP contribution in [0.5, 0.6) is 0 Å². The average Bonchev–Trinajstić information content (AvgIpc) is 2.26. The zero-order chi connectivity index (χ0) is 12.0.